The summed E-state index contributed by atoms with van der Waals surface area (Å²) in [4.78, 5) is 14.8. The molecule has 1 amide bonds. The molecule has 0 spiro atoms. The summed E-state index contributed by atoms with van der Waals surface area (Å²) in [5, 5.41) is 7.87. The van der Waals surface area contributed by atoms with E-state index < -0.39 is 9.84 Å². The van der Waals surface area contributed by atoms with E-state index in [1.54, 1.807) is 36.2 Å². The van der Waals surface area contributed by atoms with Crippen molar-refractivity contribution in [1.29, 1.82) is 0 Å². The highest BCUT2D eigenvalue weighted by Gasteiger charge is 2.23. The molecule has 1 N–H and O–H groups in total. The topological polar surface area (TPSA) is 83.1 Å². The van der Waals surface area contributed by atoms with E-state index in [1.807, 2.05) is 32.0 Å². The maximum absolute atomic E-state index is 12.9. The maximum atomic E-state index is 12.9. The van der Waals surface area contributed by atoms with E-state index in [9.17, 15) is 13.2 Å². The highest BCUT2D eigenvalue weighted by Crippen LogP contribution is 2.25. The van der Waals surface area contributed by atoms with E-state index >= 15 is 0 Å². The van der Waals surface area contributed by atoms with E-state index in [0.29, 0.717) is 5.69 Å². The third-order valence-electron chi connectivity index (χ3n) is 4.61. The number of amides is 1. The van der Waals surface area contributed by atoms with Gasteiger partial charge in [-0.2, -0.15) is 5.10 Å². The predicted molar refractivity (Wildman–Crippen MR) is 101 cm³/mol. The van der Waals surface area contributed by atoms with Crippen molar-refractivity contribution < 1.29 is 13.2 Å². The molecule has 0 aliphatic carbocycles. The quantitative estimate of drug-likeness (QED) is 0.764. The minimum atomic E-state index is -3.24. The summed E-state index contributed by atoms with van der Waals surface area (Å²) in [5.41, 5.74) is 3.10. The van der Waals surface area contributed by atoms with Gasteiger partial charge in [0.2, 0.25) is 0 Å². The number of aromatic amines is 1. The standard InChI is InChI=1S/C19H21N3O3S/c1-12-5-10-17-16(11-12)18(21-20-17)19(23)22(3)13(2)14-6-8-15(9-7-14)26(4,24)25/h5-11,13H,1-4H3,(H,20,21)/t13-/m1/s1. The molecule has 0 saturated carbocycles. The number of fused-ring (bicyclic) bond motifs is 1. The summed E-state index contributed by atoms with van der Waals surface area (Å²) in [6, 6.07) is 12.2. The fraction of sp³-hybridized carbons (Fsp3) is 0.263. The molecule has 7 heteroatoms. The maximum Gasteiger partial charge on any atom is 0.275 e. The monoisotopic (exact) mass is 371 g/mol. The third kappa shape index (κ3) is 3.35. The fourth-order valence-corrected chi connectivity index (χ4v) is 3.48. The van der Waals surface area contributed by atoms with Crippen molar-refractivity contribution in [3.63, 3.8) is 0 Å². The molecule has 0 saturated heterocycles. The smallest absolute Gasteiger partial charge is 0.275 e. The number of H-pyrrole nitrogens is 1. The Kier molecular flexibility index (Phi) is 4.58. The lowest BCUT2D eigenvalue weighted by molar-refractivity contribution is 0.0738. The molecular formula is C19H21N3O3S. The number of hydrogen-bond acceptors (Lipinski definition) is 4. The zero-order chi connectivity index (χ0) is 19.1. The molecule has 0 unspecified atom stereocenters. The molecule has 1 heterocycles. The van der Waals surface area contributed by atoms with Crippen molar-refractivity contribution in [2.75, 3.05) is 13.3 Å². The number of aryl methyl sites for hydroxylation is 1. The van der Waals surface area contributed by atoms with E-state index in [0.717, 1.165) is 22.0 Å². The van der Waals surface area contributed by atoms with Crippen molar-refractivity contribution in [3.05, 3.63) is 59.3 Å². The van der Waals surface area contributed by atoms with Gasteiger partial charge in [-0.3, -0.25) is 9.89 Å². The second kappa shape index (κ2) is 6.57. The molecule has 26 heavy (non-hydrogen) atoms. The zero-order valence-electron chi connectivity index (χ0n) is 15.1. The Labute approximate surface area is 152 Å². The Morgan fingerprint density at radius 3 is 2.42 bits per heavy atom. The molecule has 1 atom stereocenters. The number of benzene rings is 2. The van der Waals surface area contributed by atoms with Gasteiger partial charge < -0.3 is 4.90 Å². The van der Waals surface area contributed by atoms with Crippen molar-refractivity contribution in [2.24, 2.45) is 0 Å². The second-order valence-corrected chi connectivity index (χ2v) is 8.57. The van der Waals surface area contributed by atoms with E-state index in [4.69, 9.17) is 0 Å². The summed E-state index contributed by atoms with van der Waals surface area (Å²) in [6.45, 7) is 3.86. The minimum Gasteiger partial charge on any atom is -0.334 e. The van der Waals surface area contributed by atoms with Gasteiger partial charge in [-0.25, -0.2) is 8.42 Å². The van der Waals surface area contributed by atoms with E-state index in [-0.39, 0.29) is 16.8 Å². The van der Waals surface area contributed by atoms with E-state index in [2.05, 4.69) is 10.2 Å². The molecular weight excluding hydrogens is 350 g/mol. The van der Waals surface area contributed by atoms with Crippen molar-refractivity contribution >= 4 is 26.6 Å². The van der Waals surface area contributed by atoms with Gasteiger partial charge in [0, 0.05) is 18.7 Å². The van der Waals surface area contributed by atoms with Crippen LogP contribution in [-0.4, -0.2) is 42.7 Å². The molecule has 3 aromatic rings. The van der Waals surface area contributed by atoms with Crippen molar-refractivity contribution in [1.82, 2.24) is 15.1 Å². The summed E-state index contributed by atoms with van der Waals surface area (Å²) in [5.74, 6) is -0.193. The van der Waals surface area contributed by atoms with Gasteiger partial charge >= 0.3 is 0 Å². The molecule has 0 aliphatic rings. The SMILES string of the molecule is Cc1ccc2[nH]nc(C(=O)N(C)[C@H](C)c3ccc(S(C)(=O)=O)cc3)c2c1. The zero-order valence-corrected chi connectivity index (χ0v) is 16.0. The van der Waals surface area contributed by atoms with Gasteiger partial charge in [0.1, 0.15) is 0 Å². The molecule has 6 nitrogen and oxygen atoms in total. The van der Waals surface area contributed by atoms with Crippen LogP contribution in [0.4, 0.5) is 0 Å². The van der Waals surface area contributed by atoms with Crippen LogP contribution in [0.5, 0.6) is 0 Å². The Morgan fingerprint density at radius 1 is 1.15 bits per heavy atom. The molecule has 1 aromatic heterocycles. The summed E-state index contributed by atoms with van der Waals surface area (Å²) < 4.78 is 23.2. The molecule has 0 bridgehead atoms. The minimum absolute atomic E-state index is 0.193. The first-order valence-electron chi connectivity index (χ1n) is 8.20. The van der Waals surface area contributed by atoms with Crippen LogP contribution in [0.15, 0.2) is 47.4 Å². The van der Waals surface area contributed by atoms with Crippen LogP contribution >= 0.6 is 0 Å². The number of rotatable bonds is 4. The van der Waals surface area contributed by atoms with Gasteiger partial charge in [0.15, 0.2) is 15.5 Å². The van der Waals surface area contributed by atoms with Gasteiger partial charge in [0.05, 0.1) is 16.5 Å². The number of aromatic nitrogens is 2. The largest absolute Gasteiger partial charge is 0.334 e. The molecule has 136 valence electrons. The van der Waals surface area contributed by atoms with Crippen LogP contribution in [0.2, 0.25) is 0 Å². The van der Waals surface area contributed by atoms with Crippen molar-refractivity contribution in [2.45, 2.75) is 24.8 Å². The molecule has 0 aliphatic heterocycles. The number of hydrogen-bond donors (Lipinski definition) is 1. The molecule has 2 aromatic carbocycles. The Balaban J connectivity index is 1.88. The Hall–Kier alpha value is -2.67. The van der Waals surface area contributed by atoms with Crippen LogP contribution in [0.25, 0.3) is 10.9 Å². The first-order valence-corrected chi connectivity index (χ1v) is 10.1. The predicted octanol–water partition coefficient (Wildman–Crippen LogP) is 3.11. The molecule has 0 fully saturated rings. The molecule has 0 radical (unpaired) electrons. The number of nitrogens with zero attached hydrogens (tertiary/aromatic N) is 2. The number of nitrogens with one attached hydrogen (secondary N) is 1. The van der Waals surface area contributed by atoms with Crippen LogP contribution in [-0.2, 0) is 9.84 Å². The van der Waals surface area contributed by atoms with Gasteiger partial charge in [-0.05, 0) is 43.7 Å². The van der Waals surface area contributed by atoms with E-state index in [1.165, 1.54) is 6.26 Å². The van der Waals surface area contributed by atoms with Crippen molar-refractivity contribution in [3.8, 4) is 0 Å². The van der Waals surface area contributed by atoms with Gasteiger partial charge in [-0.15, -0.1) is 0 Å². The first-order chi connectivity index (χ1) is 12.2. The van der Waals surface area contributed by atoms with Crippen LogP contribution in [0.1, 0.15) is 34.6 Å². The third-order valence-corrected chi connectivity index (χ3v) is 5.74. The highest BCUT2D eigenvalue weighted by molar-refractivity contribution is 7.90. The number of carbonyl (C=O) groups excluding carboxylic acids is 1. The normalized spacial score (nSPS) is 12.9. The summed E-state index contributed by atoms with van der Waals surface area (Å²) >= 11 is 0. The Morgan fingerprint density at radius 2 is 1.81 bits per heavy atom. The average molecular weight is 371 g/mol. The van der Waals surface area contributed by atoms with Gasteiger partial charge in [-0.1, -0.05) is 23.8 Å². The summed E-state index contributed by atoms with van der Waals surface area (Å²) in [7, 11) is -1.52. The lowest BCUT2D eigenvalue weighted by Crippen LogP contribution is -2.30. The molecule has 3 rings (SSSR count). The van der Waals surface area contributed by atoms with Crippen LogP contribution in [0, 0.1) is 6.92 Å². The second-order valence-electron chi connectivity index (χ2n) is 6.55. The average Bonchev–Trinajstić information content (AvgIpc) is 3.02. The number of carbonyl (C=O) groups is 1. The first kappa shape index (κ1) is 18.1. The lowest BCUT2D eigenvalue weighted by Gasteiger charge is -2.25. The summed E-state index contributed by atoms with van der Waals surface area (Å²) in [6.07, 6.45) is 1.17. The Bertz CT molecular complexity index is 1070. The highest BCUT2D eigenvalue weighted by atomic mass is 32.2. The van der Waals surface area contributed by atoms with Gasteiger partial charge in [0.25, 0.3) is 5.91 Å². The van der Waals surface area contributed by atoms with Crippen LogP contribution in [0.3, 0.4) is 0 Å². The fourth-order valence-electron chi connectivity index (χ4n) is 2.85. The lowest BCUT2D eigenvalue weighted by atomic mass is 10.1. The number of sulfone groups is 1. The van der Waals surface area contributed by atoms with Crippen LogP contribution < -0.4 is 0 Å².